The number of alkyl halides is 3. The lowest BCUT2D eigenvalue weighted by molar-refractivity contribution is -0.141. The number of benzene rings is 1. The van der Waals surface area contributed by atoms with E-state index < -0.39 is 39.7 Å². The van der Waals surface area contributed by atoms with Crippen LogP contribution in [0, 0.1) is 5.82 Å². The van der Waals surface area contributed by atoms with Crippen molar-refractivity contribution in [3.05, 3.63) is 72.2 Å². The second kappa shape index (κ2) is 9.06. The molecule has 1 atom stereocenters. The number of amides is 1. The largest absolute Gasteiger partial charge is 0.433 e. The molecule has 0 aliphatic carbocycles. The van der Waals surface area contributed by atoms with Crippen LogP contribution in [-0.2, 0) is 27.5 Å². The summed E-state index contributed by atoms with van der Waals surface area (Å²) in [6, 6.07) is 6.96. The molecule has 34 heavy (non-hydrogen) atoms. The third-order valence-electron chi connectivity index (χ3n) is 5.21. The van der Waals surface area contributed by atoms with Crippen molar-refractivity contribution in [2.24, 2.45) is 0 Å². The van der Waals surface area contributed by atoms with Crippen LogP contribution in [0.25, 0.3) is 11.3 Å². The van der Waals surface area contributed by atoms with E-state index in [-0.39, 0.29) is 18.0 Å². The van der Waals surface area contributed by atoms with Crippen LogP contribution in [0.2, 0.25) is 0 Å². The Morgan fingerprint density at radius 2 is 1.82 bits per heavy atom. The van der Waals surface area contributed by atoms with Gasteiger partial charge in [-0.25, -0.2) is 22.8 Å². The zero-order chi connectivity index (χ0) is 24.5. The maximum Gasteiger partial charge on any atom is 0.433 e. The molecule has 1 amide bonds. The summed E-state index contributed by atoms with van der Waals surface area (Å²) in [4.78, 5) is 23.9. The Kier molecular flexibility index (Phi) is 6.32. The number of carbonyl (C=O) groups excluding carboxylic acids is 1. The van der Waals surface area contributed by atoms with Gasteiger partial charge in [0.25, 0.3) is 0 Å². The van der Waals surface area contributed by atoms with E-state index in [0.717, 1.165) is 40.8 Å². The normalized spacial score (nSPS) is 16.6. The Bertz CT molecular complexity index is 1300. The van der Waals surface area contributed by atoms with Crippen molar-refractivity contribution >= 4 is 15.9 Å². The third-order valence-corrected chi connectivity index (χ3v) is 7.13. The van der Waals surface area contributed by atoms with E-state index in [9.17, 15) is 30.8 Å². The fraction of sp³-hybridized carbons (Fsp3) is 0.238. The minimum absolute atomic E-state index is 0.0522. The minimum atomic E-state index is -4.56. The van der Waals surface area contributed by atoms with Crippen LogP contribution in [0.3, 0.4) is 0 Å². The molecule has 1 aliphatic heterocycles. The summed E-state index contributed by atoms with van der Waals surface area (Å²) in [6.07, 6.45) is -2.00. The first kappa shape index (κ1) is 23.7. The smallest absolute Gasteiger partial charge is 0.349 e. The SMILES string of the molecule is O=C(NCc1cc(-c2ccc(C(F)(F)F)nc2)ncn1)C1CCN1S(=O)(=O)c1ccc(F)cc1. The molecular formula is C21H17F4N5O3S. The minimum Gasteiger partial charge on any atom is -0.349 e. The molecule has 0 saturated carbocycles. The molecule has 0 radical (unpaired) electrons. The molecule has 178 valence electrons. The lowest BCUT2D eigenvalue weighted by Gasteiger charge is -2.38. The van der Waals surface area contributed by atoms with Crippen LogP contribution < -0.4 is 5.32 Å². The number of carbonyl (C=O) groups is 1. The predicted molar refractivity (Wildman–Crippen MR) is 111 cm³/mol. The van der Waals surface area contributed by atoms with Gasteiger partial charge in [-0.15, -0.1) is 0 Å². The highest BCUT2D eigenvalue weighted by Crippen LogP contribution is 2.29. The monoisotopic (exact) mass is 495 g/mol. The maximum atomic E-state index is 13.1. The number of halogens is 4. The molecule has 1 saturated heterocycles. The molecule has 3 aromatic rings. The van der Waals surface area contributed by atoms with Gasteiger partial charge < -0.3 is 5.32 Å². The number of nitrogens with zero attached hydrogens (tertiary/aromatic N) is 4. The third kappa shape index (κ3) is 4.89. The van der Waals surface area contributed by atoms with Crippen LogP contribution in [0.1, 0.15) is 17.8 Å². The van der Waals surface area contributed by atoms with Crippen LogP contribution in [-0.4, -0.2) is 46.2 Å². The zero-order valence-corrected chi connectivity index (χ0v) is 18.1. The fourth-order valence-corrected chi connectivity index (χ4v) is 4.95. The van der Waals surface area contributed by atoms with Gasteiger partial charge in [-0.1, -0.05) is 0 Å². The Labute approximate surface area is 191 Å². The van der Waals surface area contributed by atoms with E-state index >= 15 is 0 Å². The van der Waals surface area contributed by atoms with Crippen molar-refractivity contribution in [1.82, 2.24) is 24.6 Å². The number of rotatable bonds is 6. The number of aromatic nitrogens is 3. The summed E-state index contributed by atoms with van der Waals surface area (Å²) in [5.74, 6) is -1.11. The second-order valence-electron chi connectivity index (χ2n) is 7.42. The van der Waals surface area contributed by atoms with Gasteiger partial charge in [0.05, 0.1) is 22.8 Å². The predicted octanol–water partition coefficient (Wildman–Crippen LogP) is 2.78. The highest BCUT2D eigenvalue weighted by atomic mass is 32.2. The highest BCUT2D eigenvalue weighted by Gasteiger charge is 2.42. The summed E-state index contributed by atoms with van der Waals surface area (Å²) >= 11 is 0. The quantitative estimate of drug-likeness (QED) is 0.528. The Morgan fingerprint density at radius 1 is 1.09 bits per heavy atom. The topological polar surface area (TPSA) is 105 Å². The summed E-state index contributed by atoms with van der Waals surface area (Å²) in [5, 5.41) is 2.61. The van der Waals surface area contributed by atoms with Crippen molar-refractivity contribution in [3.63, 3.8) is 0 Å². The average molecular weight is 495 g/mol. The Balaban J connectivity index is 1.41. The molecule has 8 nitrogen and oxygen atoms in total. The van der Waals surface area contributed by atoms with Gasteiger partial charge in [0.15, 0.2) is 0 Å². The van der Waals surface area contributed by atoms with E-state index in [1.54, 1.807) is 0 Å². The lowest BCUT2D eigenvalue weighted by atomic mass is 10.1. The Hall–Kier alpha value is -3.45. The number of hydrogen-bond donors (Lipinski definition) is 1. The van der Waals surface area contributed by atoms with E-state index in [0.29, 0.717) is 23.4 Å². The van der Waals surface area contributed by atoms with Gasteiger partial charge in [0.1, 0.15) is 23.9 Å². The van der Waals surface area contributed by atoms with Gasteiger partial charge in [-0.2, -0.15) is 17.5 Å². The van der Waals surface area contributed by atoms with Crippen LogP contribution in [0.5, 0.6) is 0 Å². The van der Waals surface area contributed by atoms with E-state index in [4.69, 9.17) is 0 Å². The molecule has 1 fully saturated rings. The number of sulfonamides is 1. The molecule has 0 spiro atoms. The molecule has 0 bridgehead atoms. The number of pyridine rings is 1. The highest BCUT2D eigenvalue weighted by molar-refractivity contribution is 7.89. The van der Waals surface area contributed by atoms with Crippen LogP contribution in [0.15, 0.2) is 59.9 Å². The number of nitrogens with one attached hydrogen (secondary N) is 1. The second-order valence-corrected chi connectivity index (χ2v) is 9.31. The molecule has 4 rings (SSSR count). The summed E-state index contributed by atoms with van der Waals surface area (Å²) in [5.41, 5.74) is -0.0212. The molecule has 1 unspecified atom stereocenters. The summed E-state index contributed by atoms with van der Waals surface area (Å²) in [7, 11) is -3.96. The van der Waals surface area contributed by atoms with Crippen LogP contribution >= 0.6 is 0 Å². The standard InChI is InChI=1S/C21H17F4N5O3S/c22-14-2-4-16(5-3-14)34(32,33)30-8-7-18(30)20(31)27-11-15-9-17(29-12-28-15)13-1-6-19(26-10-13)21(23,24)25/h1-6,9-10,12,18H,7-8,11H2,(H,27,31). The summed E-state index contributed by atoms with van der Waals surface area (Å²) < 4.78 is 77.7. The van der Waals surface area contributed by atoms with Gasteiger partial charge in [0.2, 0.25) is 15.9 Å². The first-order valence-electron chi connectivity index (χ1n) is 9.95. The van der Waals surface area contributed by atoms with Gasteiger partial charge in [-0.05, 0) is 48.9 Å². The van der Waals surface area contributed by atoms with Crippen molar-refractivity contribution < 1.29 is 30.8 Å². The first-order valence-corrected chi connectivity index (χ1v) is 11.4. The molecule has 2 aromatic heterocycles. The molecule has 1 aliphatic rings. The molecule has 3 heterocycles. The molecule has 1 aromatic carbocycles. The van der Waals surface area contributed by atoms with E-state index in [2.05, 4.69) is 20.3 Å². The van der Waals surface area contributed by atoms with Gasteiger partial charge >= 0.3 is 6.18 Å². The van der Waals surface area contributed by atoms with E-state index in [1.807, 2.05) is 0 Å². The zero-order valence-electron chi connectivity index (χ0n) is 17.3. The van der Waals surface area contributed by atoms with E-state index in [1.165, 1.54) is 18.5 Å². The van der Waals surface area contributed by atoms with Crippen LogP contribution in [0.4, 0.5) is 17.6 Å². The maximum absolute atomic E-state index is 13.1. The van der Waals surface area contributed by atoms with Crippen molar-refractivity contribution in [1.29, 1.82) is 0 Å². The molecule has 13 heteroatoms. The molecular weight excluding hydrogens is 478 g/mol. The summed E-state index contributed by atoms with van der Waals surface area (Å²) in [6.45, 7) is 0.0969. The van der Waals surface area contributed by atoms with Crippen molar-refractivity contribution in [2.45, 2.75) is 30.1 Å². The molecule has 1 N–H and O–H groups in total. The fourth-order valence-electron chi connectivity index (χ4n) is 3.32. The average Bonchev–Trinajstić information content (AvgIpc) is 2.77. The first-order chi connectivity index (χ1) is 16.1. The van der Waals surface area contributed by atoms with Crippen molar-refractivity contribution in [3.8, 4) is 11.3 Å². The number of hydrogen-bond acceptors (Lipinski definition) is 6. The van der Waals surface area contributed by atoms with Gasteiger partial charge in [0, 0.05) is 18.3 Å². The lowest BCUT2D eigenvalue weighted by Crippen LogP contribution is -2.57. The Morgan fingerprint density at radius 3 is 2.41 bits per heavy atom. The van der Waals surface area contributed by atoms with Gasteiger partial charge in [-0.3, -0.25) is 9.78 Å². The van der Waals surface area contributed by atoms with Crippen molar-refractivity contribution in [2.75, 3.05) is 6.54 Å².